The third-order valence-corrected chi connectivity index (χ3v) is 4.16. The summed E-state index contributed by atoms with van der Waals surface area (Å²) in [5.74, 6) is 1.19. The maximum absolute atomic E-state index is 12.4. The standard InChI is InChI=1S/C17H23N5O2/c1-2-21(12-15-5-9-24-13-15)17(23)19-11-14-4-7-18-16(10-14)22-8-3-6-20-22/h3-4,6-8,10,15H,2,5,9,11-13H2,1H3,(H,19,23). The van der Waals surface area contributed by atoms with Gasteiger partial charge in [0.1, 0.15) is 0 Å². The van der Waals surface area contributed by atoms with Crippen molar-refractivity contribution < 1.29 is 9.53 Å². The summed E-state index contributed by atoms with van der Waals surface area (Å²) in [6.07, 6.45) is 6.31. The molecule has 1 saturated heterocycles. The highest BCUT2D eigenvalue weighted by molar-refractivity contribution is 5.74. The fourth-order valence-corrected chi connectivity index (χ4v) is 2.78. The van der Waals surface area contributed by atoms with Gasteiger partial charge >= 0.3 is 6.03 Å². The van der Waals surface area contributed by atoms with Gasteiger partial charge in [-0.1, -0.05) is 0 Å². The van der Waals surface area contributed by atoms with Crippen molar-refractivity contribution in [2.24, 2.45) is 5.92 Å². The summed E-state index contributed by atoms with van der Waals surface area (Å²) in [4.78, 5) is 18.5. The van der Waals surface area contributed by atoms with E-state index in [1.54, 1.807) is 17.1 Å². The van der Waals surface area contributed by atoms with Crippen LogP contribution in [0.1, 0.15) is 18.9 Å². The monoisotopic (exact) mass is 329 g/mol. The van der Waals surface area contributed by atoms with Crippen LogP contribution >= 0.6 is 0 Å². The van der Waals surface area contributed by atoms with Crippen molar-refractivity contribution in [2.75, 3.05) is 26.3 Å². The number of carbonyl (C=O) groups is 1. The molecule has 1 atom stereocenters. The summed E-state index contributed by atoms with van der Waals surface area (Å²) >= 11 is 0. The first-order valence-electron chi connectivity index (χ1n) is 8.31. The molecule has 0 aromatic carbocycles. The molecule has 3 rings (SSSR count). The molecule has 7 heteroatoms. The molecule has 0 bridgehead atoms. The van der Waals surface area contributed by atoms with E-state index in [0.717, 1.165) is 37.6 Å². The fraction of sp³-hybridized carbons (Fsp3) is 0.471. The van der Waals surface area contributed by atoms with Gasteiger partial charge in [0.05, 0.1) is 6.61 Å². The van der Waals surface area contributed by atoms with Crippen molar-refractivity contribution in [1.29, 1.82) is 0 Å². The van der Waals surface area contributed by atoms with E-state index in [0.29, 0.717) is 19.0 Å². The normalized spacial score (nSPS) is 17.0. The average Bonchev–Trinajstić information content (AvgIpc) is 3.31. The molecule has 0 saturated carbocycles. The van der Waals surface area contributed by atoms with Crippen LogP contribution < -0.4 is 5.32 Å². The van der Waals surface area contributed by atoms with Crippen LogP contribution in [-0.4, -0.2) is 52.0 Å². The highest BCUT2D eigenvalue weighted by atomic mass is 16.5. The van der Waals surface area contributed by atoms with Gasteiger partial charge in [0.25, 0.3) is 0 Å². The van der Waals surface area contributed by atoms with E-state index in [1.807, 2.05) is 36.2 Å². The first-order valence-corrected chi connectivity index (χ1v) is 8.31. The Bertz CT molecular complexity index is 653. The number of amides is 2. The molecule has 2 amide bonds. The van der Waals surface area contributed by atoms with Crippen LogP contribution in [0.4, 0.5) is 4.79 Å². The van der Waals surface area contributed by atoms with Crippen LogP contribution in [0.15, 0.2) is 36.8 Å². The smallest absolute Gasteiger partial charge is 0.317 e. The van der Waals surface area contributed by atoms with Gasteiger partial charge in [-0.3, -0.25) is 0 Å². The minimum atomic E-state index is -0.0400. The Kier molecular flexibility index (Phi) is 5.43. The molecule has 2 aromatic heterocycles. The number of hydrogen-bond donors (Lipinski definition) is 1. The molecule has 2 aromatic rings. The van der Waals surface area contributed by atoms with Crippen LogP contribution in [0, 0.1) is 5.92 Å². The number of rotatable bonds is 6. The van der Waals surface area contributed by atoms with Crippen molar-refractivity contribution in [3.63, 3.8) is 0 Å². The molecule has 0 spiro atoms. The van der Waals surface area contributed by atoms with Gasteiger partial charge < -0.3 is 15.0 Å². The van der Waals surface area contributed by atoms with Gasteiger partial charge in [-0.15, -0.1) is 0 Å². The largest absolute Gasteiger partial charge is 0.381 e. The molecule has 1 N–H and O–H groups in total. The second kappa shape index (κ2) is 7.92. The van der Waals surface area contributed by atoms with Gasteiger partial charge in [0, 0.05) is 50.7 Å². The molecule has 0 radical (unpaired) electrons. The second-order valence-corrected chi connectivity index (χ2v) is 5.90. The lowest BCUT2D eigenvalue weighted by molar-refractivity contribution is 0.166. The predicted molar refractivity (Wildman–Crippen MR) is 89.8 cm³/mol. The summed E-state index contributed by atoms with van der Waals surface area (Å²) in [7, 11) is 0. The van der Waals surface area contributed by atoms with Crippen molar-refractivity contribution in [1.82, 2.24) is 25.0 Å². The Morgan fingerprint density at radius 3 is 3.12 bits per heavy atom. The lowest BCUT2D eigenvalue weighted by Crippen LogP contribution is -2.42. The molecule has 1 fully saturated rings. The van der Waals surface area contributed by atoms with Crippen LogP contribution in [0.2, 0.25) is 0 Å². The highest BCUT2D eigenvalue weighted by Crippen LogP contribution is 2.14. The van der Waals surface area contributed by atoms with E-state index < -0.39 is 0 Å². The maximum Gasteiger partial charge on any atom is 0.317 e. The predicted octanol–water partition coefficient (Wildman–Crippen LogP) is 1.84. The number of hydrogen-bond acceptors (Lipinski definition) is 4. The zero-order chi connectivity index (χ0) is 16.8. The SMILES string of the molecule is CCN(CC1CCOC1)C(=O)NCc1ccnc(-n2cccn2)c1. The summed E-state index contributed by atoms with van der Waals surface area (Å²) < 4.78 is 7.08. The Hall–Kier alpha value is -2.41. The minimum Gasteiger partial charge on any atom is -0.381 e. The number of urea groups is 1. The number of pyridine rings is 1. The van der Waals surface area contributed by atoms with Crippen LogP contribution in [0.25, 0.3) is 5.82 Å². The van der Waals surface area contributed by atoms with Crippen molar-refractivity contribution in [3.8, 4) is 5.82 Å². The summed E-state index contributed by atoms with van der Waals surface area (Å²) in [5.41, 5.74) is 0.990. The first-order chi connectivity index (χ1) is 11.8. The lowest BCUT2D eigenvalue weighted by Gasteiger charge is -2.24. The number of aromatic nitrogens is 3. The van der Waals surface area contributed by atoms with Crippen LogP contribution in [0.3, 0.4) is 0 Å². The molecule has 1 aliphatic rings. The van der Waals surface area contributed by atoms with Gasteiger partial charge in [-0.05, 0) is 37.1 Å². The van der Waals surface area contributed by atoms with E-state index >= 15 is 0 Å². The third kappa shape index (κ3) is 4.11. The van der Waals surface area contributed by atoms with E-state index in [1.165, 1.54) is 0 Å². The van der Waals surface area contributed by atoms with E-state index in [9.17, 15) is 4.79 Å². The fourth-order valence-electron chi connectivity index (χ4n) is 2.78. The second-order valence-electron chi connectivity index (χ2n) is 5.90. The summed E-state index contributed by atoms with van der Waals surface area (Å²) in [5, 5.41) is 7.15. The maximum atomic E-state index is 12.4. The van der Waals surface area contributed by atoms with Crippen LogP contribution in [-0.2, 0) is 11.3 Å². The number of nitrogens with one attached hydrogen (secondary N) is 1. The molecular weight excluding hydrogens is 306 g/mol. The highest BCUT2D eigenvalue weighted by Gasteiger charge is 2.21. The van der Waals surface area contributed by atoms with E-state index in [-0.39, 0.29) is 6.03 Å². The number of ether oxygens (including phenoxy) is 1. The van der Waals surface area contributed by atoms with Gasteiger partial charge in [0.2, 0.25) is 0 Å². The summed E-state index contributed by atoms with van der Waals surface area (Å²) in [6, 6.07) is 5.63. The molecule has 3 heterocycles. The Morgan fingerprint density at radius 2 is 2.42 bits per heavy atom. The van der Waals surface area contributed by atoms with Crippen molar-refractivity contribution in [3.05, 3.63) is 42.4 Å². The first kappa shape index (κ1) is 16.4. The number of carbonyl (C=O) groups excluding carboxylic acids is 1. The summed E-state index contributed by atoms with van der Waals surface area (Å²) in [6.45, 7) is 5.46. The molecular formula is C17H23N5O2. The van der Waals surface area contributed by atoms with Crippen LogP contribution in [0.5, 0.6) is 0 Å². The molecule has 1 aliphatic heterocycles. The topological polar surface area (TPSA) is 72.3 Å². The zero-order valence-electron chi connectivity index (χ0n) is 13.9. The molecule has 128 valence electrons. The van der Waals surface area contributed by atoms with Gasteiger partial charge in [-0.25, -0.2) is 14.5 Å². The third-order valence-electron chi connectivity index (χ3n) is 4.16. The molecule has 24 heavy (non-hydrogen) atoms. The zero-order valence-corrected chi connectivity index (χ0v) is 13.9. The van der Waals surface area contributed by atoms with Gasteiger partial charge in [-0.2, -0.15) is 5.10 Å². The van der Waals surface area contributed by atoms with Crippen molar-refractivity contribution in [2.45, 2.75) is 19.9 Å². The lowest BCUT2D eigenvalue weighted by atomic mass is 10.1. The Balaban J connectivity index is 1.56. The molecule has 7 nitrogen and oxygen atoms in total. The Labute approximate surface area is 141 Å². The van der Waals surface area contributed by atoms with Gasteiger partial charge in [0.15, 0.2) is 5.82 Å². The quantitative estimate of drug-likeness (QED) is 0.878. The minimum absolute atomic E-state index is 0.0400. The van der Waals surface area contributed by atoms with E-state index in [2.05, 4.69) is 15.4 Å². The Morgan fingerprint density at radius 1 is 1.50 bits per heavy atom. The molecule has 0 aliphatic carbocycles. The number of nitrogens with zero attached hydrogens (tertiary/aromatic N) is 4. The van der Waals surface area contributed by atoms with Crippen molar-refractivity contribution >= 4 is 6.03 Å². The molecule has 1 unspecified atom stereocenters. The average molecular weight is 329 g/mol. The van der Waals surface area contributed by atoms with E-state index in [4.69, 9.17) is 4.74 Å².